The maximum atomic E-state index is 11.9. The van der Waals surface area contributed by atoms with E-state index < -0.39 is 7.12 Å². The third kappa shape index (κ3) is 4.14. The number of carbonyl (C=O) groups is 1. The molecule has 0 bridgehead atoms. The standard InChI is InChI=1S/C13H22BNO3/c16-13(10-11-6-2-1-3-7-11)15-12-8-4-5-9-18-14(12)17/h4-5,11-12,17H,1-3,6-10H2,(H,15,16). The molecule has 0 saturated heterocycles. The number of amides is 1. The molecule has 2 aliphatic rings. The van der Waals surface area contributed by atoms with E-state index in [1.807, 2.05) is 12.2 Å². The Morgan fingerprint density at radius 2 is 2.11 bits per heavy atom. The van der Waals surface area contributed by atoms with Crippen molar-refractivity contribution in [2.24, 2.45) is 5.92 Å². The van der Waals surface area contributed by atoms with E-state index in [9.17, 15) is 9.82 Å². The van der Waals surface area contributed by atoms with Gasteiger partial charge < -0.3 is 15.0 Å². The van der Waals surface area contributed by atoms with E-state index in [1.54, 1.807) is 0 Å². The Morgan fingerprint density at radius 3 is 2.89 bits per heavy atom. The molecule has 1 fully saturated rings. The highest BCUT2D eigenvalue weighted by atomic mass is 16.5. The summed E-state index contributed by atoms with van der Waals surface area (Å²) < 4.78 is 5.16. The molecule has 4 nitrogen and oxygen atoms in total. The van der Waals surface area contributed by atoms with Gasteiger partial charge in [-0.1, -0.05) is 31.4 Å². The Balaban J connectivity index is 1.76. The predicted molar refractivity (Wildman–Crippen MR) is 70.8 cm³/mol. The maximum absolute atomic E-state index is 11.9. The van der Waals surface area contributed by atoms with Crippen molar-refractivity contribution in [3.63, 3.8) is 0 Å². The van der Waals surface area contributed by atoms with Crippen LogP contribution >= 0.6 is 0 Å². The van der Waals surface area contributed by atoms with Crippen molar-refractivity contribution in [1.29, 1.82) is 0 Å². The molecule has 1 aliphatic carbocycles. The van der Waals surface area contributed by atoms with Gasteiger partial charge in [0.2, 0.25) is 5.91 Å². The molecule has 1 unspecified atom stereocenters. The van der Waals surface area contributed by atoms with Gasteiger partial charge in [-0.05, 0) is 25.2 Å². The Morgan fingerprint density at radius 1 is 1.33 bits per heavy atom. The van der Waals surface area contributed by atoms with Crippen LogP contribution in [0.15, 0.2) is 12.2 Å². The lowest BCUT2D eigenvalue weighted by Crippen LogP contribution is -2.47. The molecule has 1 heterocycles. The lowest BCUT2D eigenvalue weighted by molar-refractivity contribution is -0.122. The fraction of sp³-hybridized carbons (Fsp3) is 0.769. The summed E-state index contributed by atoms with van der Waals surface area (Å²) in [5.41, 5.74) is 0. The molecule has 1 saturated carbocycles. The average molecular weight is 251 g/mol. The molecule has 0 aromatic heterocycles. The van der Waals surface area contributed by atoms with E-state index in [0.29, 0.717) is 25.4 Å². The van der Waals surface area contributed by atoms with Crippen LogP contribution in [0.3, 0.4) is 0 Å². The van der Waals surface area contributed by atoms with Gasteiger partial charge in [0.25, 0.3) is 0 Å². The maximum Gasteiger partial charge on any atom is 0.478 e. The van der Waals surface area contributed by atoms with Gasteiger partial charge in [0.15, 0.2) is 0 Å². The van der Waals surface area contributed by atoms with Gasteiger partial charge in [-0.3, -0.25) is 4.79 Å². The molecule has 18 heavy (non-hydrogen) atoms. The Labute approximate surface area is 109 Å². The van der Waals surface area contributed by atoms with Crippen molar-refractivity contribution < 1.29 is 14.5 Å². The van der Waals surface area contributed by atoms with E-state index in [0.717, 1.165) is 12.8 Å². The summed E-state index contributed by atoms with van der Waals surface area (Å²) in [6.45, 7) is 0.413. The molecular formula is C13H22BNO3. The zero-order chi connectivity index (χ0) is 12.8. The second-order valence-corrected chi connectivity index (χ2v) is 5.31. The van der Waals surface area contributed by atoms with Crippen molar-refractivity contribution in [2.45, 2.75) is 50.9 Å². The molecule has 0 aromatic rings. The average Bonchev–Trinajstić information content (AvgIpc) is 2.56. The third-order valence-electron chi connectivity index (χ3n) is 3.81. The van der Waals surface area contributed by atoms with Gasteiger partial charge in [0, 0.05) is 13.0 Å². The highest BCUT2D eigenvalue weighted by Gasteiger charge is 2.29. The van der Waals surface area contributed by atoms with Crippen molar-refractivity contribution in [3.8, 4) is 0 Å². The minimum absolute atomic E-state index is 0.0462. The van der Waals surface area contributed by atoms with Crippen LogP contribution in [0.2, 0.25) is 0 Å². The molecule has 0 spiro atoms. The van der Waals surface area contributed by atoms with Gasteiger partial charge in [-0.15, -0.1) is 0 Å². The van der Waals surface area contributed by atoms with E-state index in [2.05, 4.69) is 5.32 Å². The fourth-order valence-electron chi connectivity index (χ4n) is 2.75. The molecule has 0 radical (unpaired) electrons. The lowest BCUT2D eigenvalue weighted by Gasteiger charge is -2.23. The molecule has 0 aromatic carbocycles. The Kier molecular flexibility index (Phi) is 5.26. The monoisotopic (exact) mass is 251 g/mol. The zero-order valence-electron chi connectivity index (χ0n) is 10.8. The summed E-state index contributed by atoms with van der Waals surface area (Å²) >= 11 is 0. The second-order valence-electron chi connectivity index (χ2n) is 5.31. The normalized spacial score (nSPS) is 25.8. The SMILES string of the molecule is O=C(CC1CCCCC1)NC1CC=CCOB1O. The number of rotatable bonds is 3. The van der Waals surface area contributed by atoms with Crippen molar-refractivity contribution >= 4 is 13.0 Å². The summed E-state index contributed by atoms with van der Waals surface area (Å²) in [7, 11) is -0.893. The molecule has 100 valence electrons. The summed E-state index contributed by atoms with van der Waals surface area (Å²) in [4.78, 5) is 11.9. The first-order valence-corrected chi connectivity index (χ1v) is 7.00. The van der Waals surface area contributed by atoms with Crippen molar-refractivity contribution in [3.05, 3.63) is 12.2 Å². The molecule has 1 aliphatic heterocycles. The molecule has 5 heteroatoms. The van der Waals surface area contributed by atoms with Crippen LogP contribution in [0.1, 0.15) is 44.9 Å². The number of nitrogens with one attached hydrogen (secondary N) is 1. The van der Waals surface area contributed by atoms with Crippen molar-refractivity contribution in [2.75, 3.05) is 6.61 Å². The first kappa shape index (κ1) is 13.6. The quantitative estimate of drug-likeness (QED) is 0.589. The Bertz CT molecular complexity index is 303. The fourth-order valence-corrected chi connectivity index (χ4v) is 2.75. The van der Waals surface area contributed by atoms with E-state index in [1.165, 1.54) is 19.3 Å². The van der Waals surface area contributed by atoms with Gasteiger partial charge in [-0.2, -0.15) is 0 Å². The van der Waals surface area contributed by atoms with Gasteiger partial charge in [0.05, 0.1) is 5.94 Å². The smallest absolute Gasteiger partial charge is 0.426 e. The topological polar surface area (TPSA) is 58.6 Å². The minimum atomic E-state index is -0.893. The zero-order valence-corrected chi connectivity index (χ0v) is 10.8. The van der Waals surface area contributed by atoms with Crippen LogP contribution in [0.5, 0.6) is 0 Å². The molecule has 1 atom stereocenters. The van der Waals surface area contributed by atoms with Gasteiger partial charge >= 0.3 is 7.12 Å². The first-order valence-electron chi connectivity index (χ1n) is 7.00. The van der Waals surface area contributed by atoms with Crippen LogP contribution < -0.4 is 5.32 Å². The van der Waals surface area contributed by atoms with E-state index in [-0.39, 0.29) is 11.8 Å². The number of carbonyl (C=O) groups excluding carboxylic acids is 1. The number of hydrogen-bond acceptors (Lipinski definition) is 3. The minimum Gasteiger partial charge on any atom is -0.426 e. The predicted octanol–water partition coefficient (Wildman–Crippen LogP) is 1.44. The Hall–Kier alpha value is -0.805. The molecule has 1 amide bonds. The van der Waals surface area contributed by atoms with Gasteiger partial charge in [-0.25, -0.2) is 0 Å². The van der Waals surface area contributed by atoms with Gasteiger partial charge in [0.1, 0.15) is 0 Å². The third-order valence-corrected chi connectivity index (χ3v) is 3.81. The van der Waals surface area contributed by atoms with Crippen LogP contribution in [0.4, 0.5) is 0 Å². The van der Waals surface area contributed by atoms with E-state index in [4.69, 9.17) is 4.65 Å². The summed E-state index contributed by atoms with van der Waals surface area (Å²) in [5.74, 6) is 0.267. The first-order chi connectivity index (χ1) is 8.75. The number of hydrogen-bond donors (Lipinski definition) is 2. The largest absolute Gasteiger partial charge is 0.478 e. The summed E-state index contributed by atoms with van der Waals surface area (Å²) in [6, 6.07) is 0. The lowest BCUT2D eigenvalue weighted by atomic mass is 9.77. The summed E-state index contributed by atoms with van der Waals surface area (Å²) in [6.07, 6.45) is 11.2. The highest BCUT2D eigenvalue weighted by Crippen LogP contribution is 2.26. The molecule has 2 N–H and O–H groups in total. The molecular weight excluding hydrogens is 229 g/mol. The molecule has 2 rings (SSSR count). The summed E-state index contributed by atoms with van der Waals surface area (Å²) in [5, 5.41) is 12.6. The van der Waals surface area contributed by atoms with Crippen LogP contribution in [0, 0.1) is 5.92 Å². The van der Waals surface area contributed by atoms with Crippen molar-refractivity contribution in [1.82, 2.24) is 5.32 Å². The van der Waals surface area contributed by atoms with E-state index >= 15 is 0 Å². The van der Waals surface area contributed by atoms with Crippen LogP contribution in [-0.4, -0.2) is 30.6 Å². The van der Waals surface area contributed by atoms with Crippen LogP contribution in [-0.2, 0) is 9.45 Å². The highest BCUT2D eigenvalue weighted by molar-refractivity contribution is 6.45. The van der Waals surface area contributed by atoms with Crippen LogP contribution in [0.25, 0.3) is 0 Å². The second kappa shape index (κ2) is 6.95.